The van der Waals surface area contributed by atoms with Gasteiger partial charge >= 0.3 is 0 Å². The van der Waals surface area contributed by atoms with Crippen LogP contribution < -0.4 is 0 Å². The third-order valence-corrected chi connectivity index (χ3v) is 1.57. The van der Waals surface area contributed by atoms with Crippen LogP contribution in [0.5, 0.6) is 0 Å². The van der Waals surface area contributed by atoms with Gasteiger partial charge in [0, 0.05) is 13.1 Å². The second-order valence-electron chi connectivity index (χ2n) is 2.94. The van der Waals surface area contributed by atoms with Crippen molar-refractivity contribution in [3.8, 4) is 0 Å². The predicted octanol–water partition coefficient (Wildman–Crippen LogP) is 2.38. The average Bonchev–Trinajstić information content (AvgIpc) is 1.88. The minimum Gasteiger partial charge on any atom is -0.495 e. The zero-order valence-electron chi connectivity index (χ0n) is 7.96. The van der Waals surface area contributed by atoms with Gasteiger partial charge in [-0.25, -0.2) is 0 Å². The van der Waals surface area contributed by atoms with Gasteiger partial charge in [-0.05, 0) is 25.8 Å². The van der Waals surface area contributed by atoms with Gasteiger partial charge in [0.2, 0.25) is 0 Å². The van der Waals surface area contributed by atoms with E-state index in [9.17, 15) is 5.11 Å². The minimum absolute atomic E-state index is 0.407. The summed E-state index contributed by atoms with van der Waals surface area (Å²) in [5.41, 5.74) is 0. The number of hydrogen-bond donors (Lipinski definition) is 1. The van der Waals surface area contributed by atoms with Crippen LogP contribution >= 0.6 is 0 Å². The topological polar surface area (TPSA) is 23.5 Å². The molecule has 2 heteroatoms. The number of hydrogen-bond acceptors (Lipinski definition) is 2. The van der Waals surface area contributed by atoms with Gasteiger partial charge in [-0.3, -0.25) is 0 Å². The normalized spacial score (nSPS) is 12.3. The van der Waals surface area contributed by atoms with Gasteiger partial charge in [-0.15, -0.1) is 0 Å². The first-order valence-corrected chi connectivity index (χ1v) is 4.27. The van der Waals surface area contributed by atoms with Crippen molar-refractivity contribution < 1.29 is 5.11 Å². The molecule has 0 bridgehead atoms. The third-order valence-electron chi connectivity index (χ3n) is 1.57. The molecule has 0 amide bonds. The molecule has 0 aliphatic heterocycles. The lowest BCUT2D eigenvalue weighted by molar-refractivity contribution is 0.212. The summed E-state index contributed by atoms with van der Waals surface area (Å²) in [5.74, 6) is 0.820. The van der Waals surface area contributed by atoms with E-state index in [2.05, 4.69) is 13.8 Å². The minimum atomic E-state index is 0.407. The fourth-order valence-corrected chi connectivity index (χ4v) is 0.951. The third kappa shape index (κ3) is 3.91. The lowest BCUT2D eigenvalue weighted by Gasteiger charge is -2.19. The molecule has 0 heterocycles. The van der Waals surface area contributed by atoms with Crippen LogP contribution in [-0.2, 0) is 0 Å². The molecule has 0 aromatic carbocycles. The van der Waals surface area contributed by atoms with Crippen LogP contribution in [0.2, 0.25) is 0 Å². The molecular formula is C9H19NO. The first kappa shape index (κ1) is 10.3. The predicted molar refractivity (Wildman–Crippen MR) is 48.5 cm³/mol. The maximum absolute atomic E-state index is 9.47. The van der Waals surface area contributed by atoms with Crippen molar-refractivity contribution in [2.75, 3.05) is 13.1 Å². The first-order chi connectivity index (χ1) is 5.11. The van der Waals surface area contributed by atoms with Crippen LogP contribution in [0.25, 0.3) is 0 Å². The Balaban J connectivity index is 4.07. The zero-order chi connectivity index (χ0) is 8.85. The second kappa shape index (κ2) is 5.05. The van der Waals surface area contributed by atoms with E-state index < -0.39 is 0 Å². The molecule has 66 valence electrons. The van der Waals surface area contributed by atoms with Gasteiger partial charge in [0.1, 0.15) is 0 Å². The second-order valence-corrected chi connectivity index (χ2v) is 2.94. The summed E-state index contributed by atoms with van der Waals surface area (Å²) >= 11 is 0. The summed E-state index contributed by atoms with van der Waals surface area (Å²) in [6.07, 6.45) is 1.87. The standard InChI is InChI=1S/C9H19NO/c1-5-10(6-2)9(11)7-8(3)4/h7-8,11H,5-6H2,1-4H3. The molecule has 0 atom stereocenters. The van der Waals surface area contributed by atoms with E-state index in [-0.39, 0.29) is 0 Å². The Bertz CT molecular complexity index is 126. The number of nitrogens with zero attached hydrogens (tertiary/aromatic N) is 1. The Kier molecular flexibility index (Phi) is 4.75. The van der Waals surface area contributed by atoms with Gasteiger partial charge in [0.05, 0.1) is 0 Å². The number of aliphatic hydroxyl groups excluding tert-OH is 1. The largest absolute Gasteiger partial charge is 0.495 e. The molecule has 11 heavy (non-hydrogen) atoms. The Hall–Kier alpha value is -0.660. The maximum Gasteiger partial charge on any atom is 0.182 e. The van der Waals surface area contributed by atoms with Crippen LogP contribution in [0.15, 0.2) is 12.0 Å². The highest BCUT2D eigenvalue weighted by molar-refractivity contribution is 4.91. The molecule has 0 rings (SSSR count). The van der Waals surface area contributed by atoms with Crippen molar-refractivity contribution in [1.29, 1.82) is 0 Å². The van der Waals surface area contributed by atoms with Crippen LogP contribution in [-0.4, -0.2) is 23.1 Å². The van der Waals surface area contributed by atoms with E-state index in [4.69, 9.17) is 0 Å². The van der Waals surface area contributed by atoms with Crippen LogP contribution in [0.1, 0.15) is 27.7 Å². The summed E-state index contributed by atoms with van der Waals surface area (Å²) in [7, 11) is 0. The van der Waals surface area contributed by atoms with E-state index in [0.29, 0.717) is 11.8 Å². The van der Waals surface area contributed by atoms with Crippen molar-refractivity contribution in [3.63, 3.8) is 0 Å². The summed E-state index contributed by atoms with van der Waals surface area (Å²) < 4.78 is 0. The fraction of sp³-hybridized carbons (Fsp3) is 0.778. The van der Waals surface area contributed by atoms with Crippen molar-refractivity contribution in [2.24, 2.45) is 5.92 Å². The maximum atomic E-state index is 9.47. The highest BCUT2D eigenvalue weighted by atomic mass is 16.3. The molecule has 0 aliphatic rings. The summed E-state index contributed by atoms with van der Waals surface area (Å²) in [6.45, 7) is 9.92. The number of allylic oxidation sites excluding steroid dienone is 1. The van der Waals surface area contributed by atoms with E-state index in [1.54, 1.807) is 0 Å². The molecule has 0 saturated carbocycles. The quantitative estimate of drug-likeness (QED) is 0.633. The van der Waals surface area contributed by atoms with Gasteiger partial charge < -0.3 is 10.0 Å². The van der Waals surface area contributed by atoms with Crippen LogP contribution in [0.4, 0.5) is 0 Å². The smallest absolute Gasteiger partial charge is 0.182 e. The summed E-state index contributed by atoms with van der Waals surface area (Å²) in [6, 6.07) is 0. The van der Waals surface area contributed by atoms with Crippen molar-refractivity contribution in [1.82, 2.24) is 4.90 Å². The van der Waals surface area contributed by atoms with Crippen LogP contribution in [0, 0.1) is 5.92 Å². The first-order valence-electron chi connectivity index (χ1n) is 4.27. The molecule has 0 fully saturated rings. The molecule has 0 aliphatic carbocycles. The van der Waals surface area contributed by atoms with Crippen molar-refractivity contribution >= 4 is 0 Å². The lowest BCUT2D eigenvalue weighted by Crippen LogP contribution is -2.22. The Morgan fingerprint density at radius 3 is 2.09 bits per heavy atom. The molecular weight excluding hydrogens is 138 g/mol. The van der Waals surface area contributed by atoms with Gasteiger partial charge in [0.15, 0.2) is 5.88 Å². The molecule has 0 radical (unpaired) electrons. The summed E-state index contributed by atoms with van der Waals surface area (Å²) in [4.78, 5) is 1.93. The van der Waals surface area contributed by atoms with Gasteiger partial charge in [0.25, 0.3) is 0 Å². The fourth-order valence-electron chi connectivity index (χ4n) is 0.951. The average molecular weight is 157 g/mol. The molecule has 2 nitrogen and oxygen atoms in total. The molecule has 0 aromatic rings. The molecule has 0 unspecified atom stereocenters. The number of aliphatic hydroxyl groups is 1. The Labute approximate surface area is 69.5 Å². The van der Waals surface area contributed by atoms with E-state index in [1.165, 1.54) is 0 Å². The number of rotatable bonds is 4. The van der Waals surface area contributed by atoms with E-state index >= 15 is 0 Å². The van der Waals surface area contributed by atoms with E-state index in [1.807, 2.05) is 24.8 Å². The Morgan fingerprint density at radius 2 is 1.82 bits per heavy atom. The SMILES string of the molecule is CCN(CC)C(O)=CC(C)C. The van der Waals surface area contributed by atoms with E-state index in [0.717, 1.165) is 13.1 Å². The Morgan fingerprint density at radius 1 is 1.36 bits per heavy atom. The molecule has 0 aromatic heterocycles. The van der Waals surface area contributed by atoms with Gasteiger partial charge in [-0.2, -0.15) is 0 Å². The van der Waals surface area contributed by atoms with Crippen LogP contribution in [0.3, 0.4) is 0 Å². The zero-order valence-corrected chi connectivity index (χ0v) is 7.96. The molecule has 1 N–H and O–H groups in total. The summed E-state index contributed by atoms with van der Waals surface area (Å²) in [5, 5.41) is 9.47. The molecule has 0 spiro atoms. The van der Waals surface area contributed by atoms with Crippen molar-refractivity contribution in [3.05, 3.63) is 12.0 Å². The lowest BCUT2D eigenvalue weighted by atomic mass is 10.2. The highest BCUT2D eigenvalue weighted by Gasteiger charge is 2.02. The highest BCUT2D eigenvalue weighted by Crippen LogP contribution is 2.04. The van der Waals surface area contributed by atoms with Crippen molar-refractivity contribution in [2.45, 2.75) is 27.7 Å². The monoisotopic (exact) mass is 157 g/mol. The van der Waals surface area contributed by atoms with Gasteiger partial charge in [-0.1, -0.05) is 13.8 Å². The molecule has 0 saturated heterocycles.